The van der Waals surface area contributed by atoms with Gasteiger partial charge in [0.2, 0.25) is 11.9 Å². The lowest BCUT2D eigenvalue weighted by molar-refractivity contribution is -0.148. The summed E-state index contributed by atoms with van der Waals surface area (Å²) in [4.78, 5) is 33.2. The average molecular weight is 568 g/mol. The number of nitrogens with one attached hydrogen (secondary N) is 2. The predicted octanol–water partition coefficient (Wildman–Crippen LogP) is 4.40. The van der Waals surface area contributed by atoms with E-state index in [4.69, 9.17) is 0 Å². The number of carbonyl (C=O) groups excluding carboxylic acids is 2. The summed E-state index contributed by atoms with van der Waals surface area (Å²) in [5.74, 6) is -0.0541. The molecule has 2 saturated heterocycles. The van der Waals surface area contributed by atoms with Crippen LogP contribution in [0.2, 0.25) is 0 Å². The van der Waals surface area contributed by atoms with Crippen molar-refractivity contribution in [3.8, 4) is 0 Å². The van der Waals surface area contributed by atoms with Crippen molar-refractivity contribution in [1.29, 1.82) is 0 Å². The minimum atomic E-state index is -4.34. The highest BCUT2D eigenvalue weighted by atomic mass is 19.4. The maximum Gasteiger partial charge on any atom is 0.389 e. The van der Waals surface area contributed by atoms with Crippen molar-refractivity contribution in [2.75, 3.05) is 38.0 Å². The van der Waals surface area contributed by atoms with Gasteiger partial charge in [-0.1, -0.05) is 6.08 Å². The number of amides is 2. The number of benzene rings is 1. The number of nitrogens with zero attached hydrogens (tertiary/aromatic N) is 5. The second kappa shape index (κ2) is 10.8. The summed E-state index contributed by atoms with van der Waals surface area (Å²) in [5, 5.41) is 11.3. The van der Waals surface area contributed by atoms with Crippen LogP contribution in [0.3, 0.4) is 0 Å². The van der Waals surface area contributed by atoms with Crippen LogP contribution in [-0.2, 0) is 4.79 Å². The number of hydrogen-bond donors (Lipinski definition) is 2. The Kier molecular flexibility index (Phi) is 7.18. The maximum absolute atomic E-state index is 13.0. The van der Waals surface area contributed by atoms with Crippen LogP contribution in [0.4, 0.5) is 24.8 Å². The Bertz CT molecular complexity index is 1470. The van der Waals surface area contributed by atoms with Gasteiger partial charge >= 0.3 is 6.18 Å². The molecule has 3 aliphatic heterocycles. The van der Waals surface area contributed by atoms with Crippen LogP contribution >= 0.6 is 0 Å². The van der Waals surface area contributed by atoms with E-state index in [0.29, 0.717) is 30.1 Å². The van der Waals surface area contributed by atoms with Crippen LogP contribution in [0.25, 0.3) is 11.2 Å². The van der Waals surface area contributed by atoms with Gasteiger partial charge < -0.3 is 20.4 Å². The molecule has 9 nitrogen and oxygen atoms in total. The SMILES string of the molecule is O=C(CCC(F)(F)F)N1CC=C(c2cccn3nc(Nc4ccc(C(=O)N5CCC6(CCN6)CC5)cc4)nc23)CC1. The number of alkyl halides is 3. The molecule has 2 aromatic heterocycles. The van der Waals surface area contributed by atoms with Crippen molar-refractivity contribution in [3.05, 3.63) is 59.8 Å². The lowest BCUT2D eigenvalue weighted by Gasteiger charge is -2.48. The smallest absolute Gasteiger partial charge is 0.339 e. The number of halogens is 3. The minimum Gasteiger partial charge on any atom is -0.339 e. The molecule has 41 heavy (non-hydrogen) atoms. The lowest BCUT2D eigenvalue weighted by atomic mass is 9.79. The van der Waals surface area contributed by atoms with Gasteiger partial charge in [0, 0.05) is 61.1 Å². The number of anilines is 2. The van der Waals surface area contributed by atoms with Crippen molar-refractivity contribution in [2.24, 2.45) is 0 Å². The average Bonchev–Trinajstić information content (AvgIpc) is 3.37. The number of pyridine rings is 1. The molecular weight excluding hydrogens is 535 g/mol. The molecule has 2 N–H and O–H groups in total. The molecule has 0 unspecified atom stereocenters. The third-order valence-electron chi connectivity index (χ3n) is 8.39. The largest absolute Gasteiger partial charge is 0.389 e. The molecule has 6 rings (SSSR count). The molecule has 3 aliphatic rings. The van der Waals surface area contributed by atoms with E-state index in [1.165, 1.54) is 11.3 Å². The van der Waals surface area contributed by atoms with Gasteiger partial charge in [0.25, 0.3) is 5.91 Å². The number of fused-ring (bicyclic) bond motifs is 1. The first kappa shape index (κ1) is 27.3. The van der Waals surface area contributed by atoms with Gasteiger partial charge in [0.05, 0.1) is 6.42 Å². The van der Waals surface area contributed by atoms with Crippen LogP contribution in [0, 0.1) is 0 Å². The Hall–Kier alpha value is -3.93. The fraction of sp³-hybridized carbons (Fsp3) is 0.448. The highest BCUT2D eigenvalue weighted by molar-refractivity contribution is 5.94. The molecule has 1 aromatic carbocycles. The Balaban J connectivity index is 1.09. The molecule has 216 valence electrons. The Labute approximate surface area is 235 Å². The molecule has 0 aliphatic carbocycles. The number of piperidine rings is 1. The highest BCUT2D eigenvalue weighted by Crippen LogP contribution is 2.32. The summed E-state index contributed by atoms with van der Waals surface area (Å²) in [6.07, 6.45) is 1.37. The number of likely N-dealkylation sites (tertiary alicyclic amines) is 1. The topological polar surface area (TPSA) is 94.9 Å². The number of aromatic nitrogens is 3. The maximum atomic E-state index is 13.0. The summed E-state index contributed by atoms with van der Waals surface area (Å²) >= 11 is 0. The fourth-order valence-electron chi connectivity index (χ4n) is 5.81. The number of hydrogen-bond acceptors (Lipinski definition) is 6. The Morgan fingerprint density at radius 3 is 2.41 bits per heavy atom. The van der Waals surface area contributed by atoms with E-state index in [9.17, 15) is 22.8 Å². The molecule has 3 aromatic rings. The van der Waals surface area contributed by atoms with Crippen LogP contribution in [0.1, 0.15) is 54.4 Å². The zero-order valence-electron chi connectivity index (χ0n) is 22.6. The third-order valence-corrected chi connectivity index (χ3v) is 8.39. The van der Waals surface area contributed by atoms with Crippen molar-refractivity contribution in [1.82, 2.24) is 29.7 Å². The van der Waals surface area contributed by atoms with Crippen molar-refractivity contribution in [3.63, 3.8) is 0 Å². The van der Waals surface area contributed by atoms with E-state index in [-0.39, 0.29) is 18.0 Å². The van der Waals surface area contributed by atoms with Gasteiger partial charge in [-0.2, -0.15) is 18.2 Å². The van der Waals surface area contributed by atoms with Gasteiger partial charge in [-0.15, -0.1) is 5.10 Å². The summed E-state index contributed by atoms with van der Waals surface area (Å²) in [5.41, 5.74) is 4.10. The van der Waals surface area contributed by atoms with Gasteiger partial charge in [-0.3, -0.25) is 9.59 Å². The van der Waals surface area contributed by atoms with Crippen molar-refractivity contribution >= 4 is 34.7 Å². The normalized spacial score (nSPS) is 18.8. The highest BCUT2D eigenvalue weighted by Gasteiger charge is 2.40. The molecule has 0 saturated carbocycles. The van der Waals surface area contributed by atoms with E-state index in [1.54, 1.807) is 10.7 Å². The Morgan fingerprint density at radius 1 is 1.02 bits per heavy atom. The van der Waals surface area contributed by atoms with Crippen molar-refractivity contribution < 1.29 is 22.8 Å². The monoisotopic (exact) mass is 567 g/mol. The zero-order chi connectivity index (χ0) is 28.6. The molecule has 0 bridgehead atoms. The van der Waals surface area contributed by atoms with E-state index < -0.39 is 24.9 Å². The van der Waals surface area contributed by atoms with E-state index in [0.717, 1.165) is 49.3 Å². The van der Waals surface area contributed by atoms with E-state index >= 15 is 0 Å². The van der Waals surface area contributed by atoms with Gasteiger partial charge in [-0.25, -0.2) is 4.52 Å². The molecule has 12 heteroatoms. The van der Waals surface area contributed by atoms with E-state index in [1.807, 2.05) is 47.4 Å². The standard InChI is InChI=1S/C29H32F3N7O2/c30-29(31,32)10-7-24(40)37-16-8-20(9-17-37)23-2-1-15-39-25(23)35-27(36-39)34-22-5-3-21(4-6-22)26(41)38-18-12-28(13-19-38)11-14-33-28/h1-6,8,15,33H,7,9-14,16-19H2,(H,34,36). The van der Waals surface area contributed by atoms with Crippen LogP contribution in [0.5, 0.6) is 0 Å². The molecule has 2 amide bonds. The van der Waals surface area contributed by atoms with Gasteiger partial charge in [0.15, 0.2) is 5.65 Å². The number of carbonyl (C=O) groups is 2. The number of rotatable bonds is 6. The van der Waals surface area contributed by atoms with Gasteiger partial charge in [0.1, 0.15) is 0 Å². The van der Waals surface area contributed by atoms with Crippen LogP contribution in [0.15, 0.2) is 48.7 Å². The predicted molar refractivity (Wildman–Crippen MR) is 148 cm³/mol. The van der Waals surface area contributed by atoms with Gasteiger partial charge in [-0.05, 0) is 74.2 Å². The molecule has 0 atom stereocenters. The first-order chi connectivity index (χ1) is 19.7. The quantitative estimate of drug-likeness (QED) is 0.459. The zero-order valence-corrected chi connectivity index (χ0v) is 22.6. The second-order valence-electron chi connectivity index (χ2n) is 11.0. The third kappa shape index (κ3) is 5.92. The fourth-order valence-corrected chi connectivity index (χ4v) is 5.81. The second-order valence-corrected chi connectivity index (χ2v) is 11.0. The first-order valence-corrected chi connectivity index (χ1v) is 14.0. The summed E-state index contributed by atoms with van der Waals surface area (Å²) in [6, 6.07) is 11.1. The minimum absolute atomic E-state index is 0.0441. The first-order valence-electron chi connectivity index (χ1n) is 14.0. The van der Waals surface area contributed by atoms with Crippen LogP contribution < -0.4 is 10.6 Å². The lowest BCUT2D eigenvalue weighted by Crippen LogP contribution is -2.62. The molecule has 1 spiro atoms. The summed E-state index contributed by atoms with van der Waals surface area (Å²) in [7, 11) is 0. The molecule has 0 radical (unpaired) electrons. The molecule has 5 heterocycles. The van der Waals surface area contributed by atoms with Crippen molar-refractivity contribution in [2.45, 2.75) is 50.2 Å². The Morgan fingerprint density at radius 2 is 1.78 bits per heavy atom. The molecule has 2 fully saturated rings. The van der Waals surface area contributed by atoms with E-state index in [2.05, 4.69) is 20.7 Å². The summed E-state index contributed by atoms with van der Waals surface area (Å²) < 4.78 is 39.1. The molecular formula is C29H32F3N7O2. The van der Waals surface area contributed by atoms with Crippen LogP contribution in [-0.4, -0.2) is 80.7 Å². The summed E-state index contributed by atoms with van der Waals surface area (Å²) in [6.45, 7) is 3.21.